The highest BCUT2D eigenvalue weighted by atomic mass is 19.1. The van der Waals surface area contributed by atoms with Crippen molar-refractivity contribution < 1.29 is 4.39 Å². The van der Waals surface area contributed by atoms with Crippen LogP contribution in [0.4, 0.5) is 4.39 Å². The minimum atomic E-state index is -0.305. The Labute approximate surface area is 97.5 Å². The number of aryl methyl sites for hydroxylation is 1. The van der Waals surface area contributed by atoms with Crippen molar-refractivity contribution in [1.29, 1.82) is 0 Å². The minimum absolute atomic E-state index is 0.305. The Kier molecular flexibility index (Phi) is 2.14. The second kappa shape index (κ2) is 3.66. The average Bonchev–Trinajstić information content (AvgIpc) is 2.75. The Hall–Kier alpha value is -2.23. The van der Waals surface area contributed by atoms with Crippen LogP contribution in [-0.2, 0) is 0 Å². The topological polar surface area (TPSA) is 30.2 Å². The fourth-order valence-corrected chi connectivity index (χ4v) is 1.79. The van der Waals surface area contributed by atoms with Gasteiger partial charge < -0.3 is 0 Å². The van der Waals surface area contributed by atoms with Gasteiger partial charge in [-0.05, 0) is 31.2 Å². The number of rotatable bonds is 1. The molecule has 0 N–H and O–H groups in total. The predicted molar refractivity (Wildman–Crippen MR) is 63.1 cm³/mol. The molecule has 0 fully saturated rings. The number of fused-ring (bicyclic) bond motifs is 1. The Bertz CT molecular complexity index is 688. The molecule has 17 heavy (non-hydrogen) atoms. The van der Waals surface area contributed by atoms with E-state index >= 15 is 0 Å². The van der Waals surface area contributed by atoms with E-state index in [-0.39, 0.29) is 5.82 Å². The highest BCUT2D eigenvalue weighted by molar-refractivity contribution is 5.58. The first kappa shape index (κ1) is 9.96. The summed E-state index contributed by atoms with van der Waals surface area (Å²) in [6, 6.07) is 12.2. The molecule has 1 aromatic carbocycles. The molecule has 0 spiro atoms. The normalized spacial score (nSPS) is 10.9. The van der Waals surface area contributed by atoms with Crippen molar-refractivity contribution in [1.82, 2.24) is 14.6 Å². The van der Waals surface area contributed by atoms with Gasteiger partial charge in [-0.3, -0.25) is 0 Å². The Morgan fingerprint density at radius 2 is 1.88 bits per heavy atom. The van der Waals surface area contributed by atoms with E-state index in [2.05, 4.69) is 10.1 Å². The van der Waals surface area contributed by atoms with Gasteiger partial charge >= 0.3 is 0 Å². The second-order valence-electron chi connectivity index (χ2n) is 3.85. The molecule has 84 valence electrons. The smallest absolute Gasteiger partial charge is 0.185 e. The summed E-state index contributed by atoms with van der Waals surface area (Å²) in [6.07, 6.45) is 0. The third-order valence-corrected chi connectivity index (χ3v) is 2.66. The Morgan fingerprint density at radius 1 is 1.06 bits per heavy atom. The van der Waals surface area contributed by atoms with Crippen LogP contribution >= 0.6 is 0 Å². The van der Waals surface area contributed by atoms with Gasteiger partial charge in [0.25, 0.3) is 0 Å². The summed E-state index contributed by atoms with van der Waals surface area (Å²) >= 11 is 0. The maximum absolute atomic E-state index is 13.6. The molecule has 0 bridgehead atoms. The van der Waals surface area contributed by atoms with Crippen molar-refractivity contribution in [3.05, 3.63) is 54.0 Å². The van der Waals surface area contributed by atoms with E-state index in [1.54, 1.807) is 22.7 Å². The van der Waals surface area contributed by atoms with Crippen LogP contribution in [0.25, 0.3) is 17.0 Å². The van der Waals surface area contributed by atoms with Crippen molar-refractivity contribution in [2.75, 3.05) is 0 Å². The lowest BCUT2D eigenvalue weighted by molar-refractivity contribution is 0.630. The first-order valence-corrected chi connectivity index (χ1v) is 5.33. The van der Waals surface area contributed by atoms with Crippen LogP contribution in [0.1, 0.15) is 5.69 Å². The monoisotopic (exact) mass is 227 g/mol. The van der Waals surface area contributed by atoms with Crippen molar-refractivity contribution in [2.45, 2.75) is 6.92 Å². The highest BCUT2D eigenvalue weighted by Crippen LogP contribution is 2.19. The number of hydrogen-bond donors (Lipinski definition) is 0. The van der Waals surface area contributed by atoms with Crippen LogP contribution < -0.4 is 0 Å². The van der Waals surface area contributed by atoms with Gasteiger partial charge in [-0.1, -0.05) is 18.2 Å². The van der Waals surface area contributed by atoms with E-state index < -0.39 is 0 Å². The van der Waals surface area contributed by atoms with E-state index in [1.165, 1.54) is 6.07 Å². The summed E-state index contributed by atoms with van der Waals surface area (Å²) in [5.74, 6) is 0.110. The van der Waals surface area contributed by atoms with Gasteiger partial charge in [0, 0.05) is 5.69 Å². The molecule has 0 unspecified atom stereocenters. The van der Waals surface area contributed by atoms with E-state index in [0.29, 0.717) is 11.4 Å². The molecule has 0 aliphatic carbocycles. The highest BCUT2D eigenvalue weighted by Gasteiger charge is 2.10. The molecule has 2 aromatic heterocycles. The molecule has 4 heteroatoms. The molecule has 0 radical (unpaired) electrons. The number of benzene rings is 1. The van der Waals surface area contributed by atoms with Gasteiger partial charge in [-0.15, -0.1) is 5.10 Å². The molecule has 0 saturated heterocycles. The largest absolute Gasteiger partial charge is 0.218 e. The number of nitrogens with zero attached hydrogens (tertiary/aromatic N) is 3. The van der Waals surface area contributed by atoms with E-state index in [4.69, 9.17) is 0 Å². The lowest BCUT2D eigenvalue weighted by atomic mass is 10.2. The predicted octanol–water partition coefficient (Wildman–Crippen LogP) is 2.84. The summed E-state index contributed by atoms with van der Waals surface area (Å²) in [4.78, 5) is 4.32. The molecule has 2 heterocycles. The Morgan fingerprint density at radius 3 is 2.65 bits per heavy atom. The molecule has 3 rings (SSSR count). The zero-order valence-electron chi connectivity index (χ0n) is 9.26. The molecule has 0 atom stereocenters. The first-order chi connectivity index (χ1) is 8.25. The van der Waals surface area contributed by atoms with Crippen molar-refractivity contribution >= 4 is 5.65 Å². The number of aromatic nitrogens is 3. The minimum Gasteiger partial charge on any atom is -0.218 e. The SMILES string of the molecule is Cc1cccc2nc(-c3ccccc3F)nn12. The molecular weight excluding hydrogens is 217 g/mol. The van der Waals surface area contributed by atoms with Gasteiger partial charge in [0.2, 0.25) is 0 Å². The fraction of sp³-hybridized carbons (Fsp3) is 0.0769. The van der Waals surface area contributed by atoms with Crippen LogP contribution in [0.5, 0.6) is 0 Å². The quantitative estimate of drug-likeness (QED) is 0.640. The van der Waals surface area contributed by atoms with Crippen LogP contribution in [0.15, 0.2) is 42.5 Å². The number of pyridine rings is 1. The second-order valence-corrected chi connectivity index (χ2v) is 3.85. The summed E-state index contributed by atoms with van der Waals surface area (Å²) in [5.41, 5.74) is 2.12. The van der Waals surface area contributed by atoms with Gasteiger partial charge in [0.05, 0.1) is 5.56 Å². The zero-order chi connectivity index (χ0) is 11.8. The maximum Gasteiger partial charge on any atom is 0.185 e. The molecular formula is C13H10FN3. The van der Waals surface area contributed by atoms with Crippen molar-refractivity contribution in [3.8, 4) is 11.4 Å². The fourth-order valence-electron chi connectivity index (χ4n) is 1.79. The van der Waals surface area contributed by atoms with Gasteiger partial charge in [0.1, 0.15) is 5.82 Å². The van der Waals surface area contributed by atoms with E-state index in [1.807, 2.05) is 25.1 Å². The third kappa shape index (κ3) is 1.58. The Balaban J connectivity index is 2.26. The third-order valence-electron chi connectivity index (χ3n) is 2.66. The van der Waals surface area contributed by atoms with Crippen LogP contribution in [0.3, 0.4) is 0 Å². The lowest BCUT2D eigenvalue weighted by Gasteiger charge is -1.96. The van der Waals surface area contributed by atoms with Gasteiger partial charge in [0.15, 0.2) is 11.5 Å². The maximum atomic E-state index is 13.6. The van der Waals surface area contributed by atoms with Crippen LogP contribution in [0.2, 0.25) is 0 Å². The zero-order valence-corrected chi connectivity index (χ0v) is 9.26. The van der Waals surface area contributed by atoms with Crippen LogP contribution in [0, 0.1) is 12.7 Å². The van der Waals surface area contributed by atoms with Crippen molar-refractivity contribution in [2.24, 2.45) is 0 Å². The lowest BCUT2D eigenvalue weighted by Crippen LogP contribution is -1.92. The summed E-state index contributed by atoms with van der Waals surface area (Å²) < 4.78 is 15.3. The molecule has 0 saturated carbocycles. The van der Waals surface area contributed by atoms with Gasteiger partial charge in [-0.25, -0.2) is 13.9 Å². The standard InChI is InChI=1S/C13H10FN3/c1-9-5-4-8-12-15-13(16-17(9)12)10-6-2-3-7-11(10)14/h2-8H,1H3. The molecule has 3 nitrogen and oxygen atoms in total. The van der Waals surface area contributed by atoms with Crippen molar-refractivity contribution in [3.63, 3.8) is 0 Å². The molecule has 3 aromatic rings. The van der Waals surface area contributed by atoms with E-state index in [0.717, 1.165) is 11.3 Å². The number of halogens is 1. The summed E-state index contributed by atoms with van der Waals surface area (Å²) in [5, 5.41) is 4.31. The molecule has 0 aliphatic heterocycles. The summed E-state index contributed by atoms with van der Waals surface area (Å²) in [6.45, 7) is 1.94. The molecule has 0 aliphatic rings. The molecule has 0 amide bonds. The average molecular weight is 227 g/mol. The van der Waals surface area contributed by atoms with Gasteiger partial charge in [-0.2, -0.15) is 0 Å². The van der Waals surface area contributed by atoms with Crippen LogP contribution in [-0.4, -0.2) is 14.6 Å². The summed E-state index contributed by atoms with van der Waals surface area (Å²) in [7, 11) is 0. The number of hydrogen-bond acceptors (Lipinski definition) is 2. The first-order valence-electron chi connectivity index (χ1n) is 5.33. The van der Waals surface area contributed by atoms with E-state index in [9.17, 15) is 4.39 Å².